The van der Waals surface area contributed by atoms with Gasteiger partial charge in [-0.15, -0.1) is 0 Å². The highest BCUT2D eigenvalue weighted by atomic mass is 79.9. The Hall–Kier alpha value is -0.490. The Labute approximate surface area is 127 Å². The average Bonchev–Trinajstić information content (AvgIpc) is 2.46. The maximum absolute atomic E-state index is 13.2. The van der Waals surface area contributed by atoms with Crippen molar-refractivity contribution in [3.63, 3.8) is 0 Å². The van der Waals surface area contributed by atoms with Gasteiger partial charge in [0.25, 0.3) is 0 Å². The zero-order valence-corrected chi connectivity index (χ0v) is 13.1. The van der Waals surface area contributed by atoms with Gasteiger partial charge in [0, 0.05) is 29.7 Å². The zero-order chi connectivity index (χ0) is 14.5. The fourth-order valence-electron chi connectivity index (χ4n) is 2.97. The molecule has 1 saturated carbocycles. The van der Waals surface area contributed by atoms with Crippen molar-refractivity contribution in [3.8, 4) is 0 Å². The van der Waals surface area contributed by atoms with E-state index in [0.717, 1.165) is 22.9 Å². The monoisotopic (exact) mass is 344 g/mol. The summed E-state index contributed by atoms with van der Waals surface area (Å²) < 4.78 is 13.9. The van der Waals surface area contributed by atoms with Gasteiger partial charge in [0.2, 0.25) is 0 Å². The van der Waals surface area contributed by atoms with Crippen LogP contribution in [0.15, 0.2) is 22.7 Å². The molecule has 1 aliphatic carbocycles. The van der Waals surface area contributed by atoms with E-state index in [0.29, 0.717) is 6.54 Å². The molecule has 3 atom stereocenters. The Balaban J connectivity index is 2.11. The van der Waals surface area contributed by atoms with Crippen molar-refractivity contribution in [2.24, 2.45) is 11.7 Å². The van der Waals surface area contributed by atoms with Crippen LogP contribution in [0.25, 0.3) is 0 Å². The van der Waals surface area contributed by atoms with E-state index in [1.165, 1.54) is 25.0 Å². The van der Waals surface area contributed by atoms with Crippen molar-refractivity contribution >= 4 is 15.9 Å². The Bertz CT molecular complexity index is 444. The molecule has 0 heterocycles. The van der Waals surface area contributed by atoms with Crippen LogP contribution in [0.3, 0.4) is 0 Å². The fourth-order valence-corrected chi connectivity index (χ4v) is 3.60. The number of hydrogen-bond donors (Lipinski definition) is 3. The molecule has 1 aromatic rings. The molecule has 2 rings (SSSR count). The van der Waals surface area contributed by atoms with Gasteiger partial charge in [-0.2, -0.15) is 0 Å². The third kappa shape index (κ3) is 3.79. The minimum absolute atomic E-state index is 0.0258. The minimum Gasteiger partial charge on any atom is -0.396 e. The normalized spacial score (nSPS) is 24.6. The molecule has 0 aromatic heterocycles. The summed E-state index contributed by atoms with van der Waals surface area (Å²) in [4.78, 5) is 0. The topological polar surface area (TPSA) is 58.3 Å². The first-order chi connectivity index (χ1) is 9.65. The number of aliphatic hydroxyl groups excluding tert-OH is 1. The summed E-state index contributed by atoms with van der Waals surface area (Å²) in [5.74, 6) is 0.0271. The van der Waals surface area contributed by atoms with E-state index in [9.17, 15) is 9.50 Å². The predicted octanol–water partition coefficient (Wildman–Crippen LogP) is 2.73. The van der Waals surface area contributed by atoms with Crippen molar-refractivity contribution in [2.75, 3.05) is 13.2 Å². The molecule has 3 unspecified atom stereocenters. The summed E-state index contributed by atoms with van der Waals surface area (Å²) in [5.41, 5.74) is 6.84. The van der Waals surface area contributed by atoms with Crippen LogP contribution in [0.5, 0.6) is 0 Å². The second-order valence-corrected chi connectivity index (χ2v) is 6.31. The molecule has 1 aromatic carbocycles. The van der Waals surface area contributed by atoms with E-state index in [-0.39, 0.29) is 30.4 Å². The number of aliphatic hydroxyl groups is 1. The van der Waals surface area contributed by atoms with E-state index in [2.05, 4.69) is 21.2 Å². The van der Waals surface area contributed by atoms with Gasteiger partial charge in [-0.05, 0) is 36.5 Å². The van der Waals surface area contributed by atoms with Crippen LogP contribution in [-0.4, -0.2) is 24.3 Å². The van der Waals surface area contributed by atoms with Crippen LogP contribution in [0, 0.1) is 11.7 Å². The number of hydrogen-bond acceptors (Lipinski definition) is 3. The number of benzene rings is 1. The average molecular weight is 345 g/mol. The first kappa shape index (κ1) is 15.9. The lowest BCUT2D eigenvalue weighted by Gasteiger charge is -2.34. The van der Waals surface area contributed by atoms with Gasteiger partial charge in [0.1, 0.15) is 5.82 Å². The van der Waals surface area contributed by atoms with Gasteiger partial charge in [0.15, 0.2) is 0 Å². The van der Waals surface area contributed by atoms with E-state index < -0.39 is 0 Å². The van der Waals surface area contributed by atoms with E-state index in [1.54, 1.807) is 6.07 Å². The number of rotatable bonds is 5. The van der Waals surface area contributed by atoms with E-state index >= 15 is 0 Å². The largest absolute Gasteiger partial charge is 0.396 e. The maximum atomic E-state index is 13.2. The zero-order valence-electron chi connectivity index (χ0n) is 11.5. The van der Waals surface area contributed by atoms with E-state index in [1.807, 2.05) is 0 Å². The highest BCUT2D eigenvalue weighted by Gasteiger charge is 2.27. The highest BCUT2D eigenvalue weighted by Crippen LogP contribution is 2.29. The molecule has 0 radical (unpaired) electrons. The number of nitrogens with two attached hydrogens (primary N) is 1. The van der Waals surface area contributed by atoms with Gasteiger partial charge < -0.3 is 16.2 Å². The summed E-state index contributed by atoms with van der Waals surface area (Å²) >= 11 is 3.40. The molecule has 5 heteroatoms. The third-order valence-electron chi connectivity index (χ3n) is 4.13. The molecular formula is C15H22BrFN2O. The lowest BCUT2D eigenvalue weighted by atomic mass is 9.84. The van der Waals surface area contributed by atoms with Crippen molar-refractivity contribution in [1.82, 2.24) is 5.32 Å². The smallest absolute Gasteiger partial charge is 0.124 e. The van der Waals surface area contributed by atoms with Crippen molar-refractivity contribution in [3.05, 3.63) is 34.1 Å². The fraction of sp³-hybridized carbons (Fsp3) is 0.600. The van der Waals surface area contributed by atoms with Crippen LogP contribution >= 0.6 is 15.9 Å². The van der Waals surface area contributed by atoms with Crippen LogP contribution in [-0.2, 0) is 0 Å². The van der Waals surface area contributed by atoms with Gasteiger partial charge in [-0.3, -0.25) is 0 Å². The molecule has 112 valence electrons. The summed E-state index contributed by atoms with van der Waals surface area (Å²) in [5, 5.41) is 13.0. The Morgan fingerprint density at radius 1 is 1.40 bits per heavy atom. The van der Waals surface area contributed by atoms with Crippen molar-refractivity contribution < 1.29 is 9.50 Å². The standard InChI is InChI=1S/C15H22BrFN2O/c16-13-7-11(17)5-6-12(13)15(8-18)19-14-4-2-1-3-10(14)9-20/h5-7,10,14-15,19-20H,1-4,8-9,18H2. The molecule has 0 aliphatic heterocycles. The molecule has 20 heavy (non-hydrogen) atoms. The SMILES string of the molecule is NCC(NC1CCCCC1CO)c1ccc(F)cc1Br. The van der Waals surface area contributed by atoms with Crippen LogP contribution < -0.4 is 11.1 Å². The number of halogens is 2. The molecule has 0 saturated heterocycles. The first-order valence-corrected chi connectivity index (χ1v) is 7.97. The summed E-state index contributed by atoms with van der Waals surface area (Å²) in [6.45, 7) is 0.651. The Morgan fingerprint density at radius 2 is 2.15 bits per heavy atom. The third-order valence-corrected chi connectivity index (χ3v) is 4.82. The molecule has 4 N–H and O–H groups in total. The van der Waals surface area contributed by atoms with Crippen LogP contribution in [0.2, 0.25) is 0 Å². The van der Waals surface area contributed by atoms with Crippen molar-refractivity contribution in [1.29, 1.82) is 0 Å². The minimum atomic E-state index is -0.262. The Morgan fingerprint density at radius 3 is 2.80 bits per heavy atom. The Kier molecular flexibility index (Phi) is 5.96. The first-order valence-electron chi connectivity index (χ1n) is 7.17. The predicted molar refractivity (Wildman–Crippen MR) is 81.9 cm³/mol. The lowest BCUT2D eigenvalue weighted by molar-refractivity contribution is 0.146. The van der Waals surface area contributed by atoms with Gasteiger partial charge in [-0.1, -0.05) is 34.8 Å². The maximum Gasteiger partial charge on any atom is 0.124 e. The molecule has 0 spiro atoms. The van der Waals surface area contributed by atoms with Crippen LogP contribution in [0.1, 0.15) is 37.3 Å². The summed E-state index contributed by atoms with van der Waals surface area (Å²) in [6.07, 6.45) is 4.46. The van der Waals surface area contributed by atoms with Gasteiger partial charge >= 0.3 is 0 Å². The van der Waals surface area contributed by atoms with Crippen LogP contribution in [0.4, 0.5) is 4.39 Å². The van der Waals surface area contributed by atoms with Crippen molar-refractivity contribution in [2.45, 2.75) is 37.8 Å². The molecule has 1 fully saturated rings. The summed E-state index contributed by atoms with van der Waals surface area (Å²) in [6, 6.07) is 4.93. The summed E-state index contributed by atoms with van der Waals surface area (Å²) in [7, 11) is 0. The van der Waals surface area contributed by atoms with E-state index in [4.69, 9.17) is 5.73 Å². The van der Waals surface area contributed by atoms with Gasteiger partial charge in [-0.25, -0.2) is 4.39 Å². The quantitative estimate of drug-likeness (QED) is 0.769. The number of nitrogens with one attached hydrogen (secondary N) is 1. The second-order valence-electron chi connectivity index (χ2n) is 5.45. The molecule has 3 nitrogen and oxygen atoms in total. The van der Waals surface area contributed by atoms with Gasteiger partial charge in [0.05, 0.1) is 0 Å². The second kappa shape index (κ2) is 7.50. The molecule has 0 amide bonds. The molecule has 1 aliphatic rings. The molecular weight excluding hydrogens is 323 g/mol. The lowest BCUT2D eigenvalue weighted by Crippen LogP contribution is -2.44. The molecule has 0 bridgehead atoms. The highest BCUT2D eigenvalue weighted by molar-refractivity contribution is 9.10.